The molecule has 1 saturated heterocycles. The lowest BCUT2D eigenvalue weighted by atomic mass is 10.2. The van der Waals surface area contributed by atoms with Crippen LogP contribution in [0, 0.1) is 24.4 Å². The van der Waals surface area contributed by atoms with Crippen molar-refractivity contribution < 1.29 is 21.6 Å². The molecule has 0 unspecified atom stereocenters. The minimum atomic E-state index is -3.75. The Morgan fingerprint density at radius 3 is 2.08 bits per heavy atom. The lowest BCUT2D eigenvalue weighted by Crippen LogP contribution is -2.49. The summed E-state index contributed by atoms with van der Waals surface area (Å²) in [4.78, 5) is 1.74. The molecule has 2 aromatic rings. The average Bonchev–Trinajstić information content (AvgIpc) is 2.54. The van der Waals surface area contributed by atoms with Gasteiger partial charge in [0.25, 0.3) is 0 Å². The minimum absolute atomic E-state index is 0.0651. The number of aryl methyl sites for hydroxylation is 1. The lowest BCUT2D eigenvalue weighted by Gasteiger charge is -2.35. The van der Waals surface area contributed by atoms with Gasteiger partial charge in [-0.25, -0.2) is 21.6 Å². The number of piperazine rings is 1. The zero-order valence-electron chi connectivity index (χ0n) is 13.5. The molecule has 2 aromatic carbocycles. The van der Waals surface area contributed by atoms with Gasteiger partial charge in [0, 0.05) is 32.2 Å². The molecule has 3 rings (SSSR count). The third kappa shape index (κ3) is 3.50. The second-order valence-electron chi connectivity index (χ2n) is 5.90. The number of benzene rings is 2. The zero-order chi connectivity index (χ0) is 18.2. The number of hydrogen-bond acceptors (Lipinski definition) is 3. The molecular formula is C17H17F3N2O2S. The third-order valence-electron chi connectivity index (χ3n) is 4.24. The normalized spacial score (nSPS) is 16.2. The van der Waals surface area contributed by atoms with Crippen LogP contribution < -0.4 is 4.90 Å². The summed E-state index contributed by atoms with van der Waals surface area (Å²) in [6.45, 7) is 2.43. The van der Waals surface area contributed by atoms with E-state index in [9.17, 15) is 21.6 Å². The predicted molar refractivity (Wildman–Crippen MR) is 88.5 cm³/mol. The fraction of sp³-hybridized carbons (Fsp3) is 0.294. The van der Waals surface area contributed by atoms with Crippen LogP contribution >= 0.6 is 0 Å². The van der Waals surface area contributed by atoms with Gasteiger partial charge in [-0.15, -0.1) is 0 Å². The van der Waals surface area contributed by atoms with Crippen molar-refractivity contribution in [3.63, 3.8) is 0 Å². The molecule has 134 valence electrons. The van der Waals surface area contributed by atoms with Crippen molar-refractivity contribution in [2.75, 3.05) is 31.1 Å². The number of sulfonamides is 1. The molecule has 1 aliphatic heterocycles. The molecule has 0 radical (unpaired) electrons. The van der Waals surface area contributed by atoms with Gasteiger partial charge >= 0.3 is 0 Å². The van der Waals surface area contributed by atoms with Crippen molar-refractivity contribution in [3.8, 4) is 0 Å². The summed E-state index contributed by atoms with van der Waals surface area (Å²) in [7, 11) is -3.75. The minimum Gasteiger partial charge on any atom is -0.367 e. The highest BCUT2D eigenvalue weighted by Crippen LogP contribution is 2.25. The summed E-state index contributed by atoms with van der Waals surface area (Å²) < 4.78 is 66.9. The van der Waals surface area contributed by atoms with Gasteiger partial charge in [-0.2, -0.15) is 4.31 Å². The quantitative estimate of drug-likeness (QED) is 0.834. The van der Waals surface area contributed by atoms with Gasteiger partial charge in [0.05, 0.1) is 10.6 Å². The van der Waals surface area contributed by atoms with Gasteiger partial charge in [0.2, 0.25) is 10.0 Å². The first-order chi connectivity index (χ1) is 11.8. The van der Waals surface area contributed by atoms with E-state index in [2.05, 4.69) is 0 Å². The number of halogens is 3. The van der Waals surface area contributed by atoms with Crippen LogP contribution in [0.3, 0.4) is 0 Å². The second-order valence-corrected chi connectivity index (χ2v) is 7.80. The molecule has 25 heavy (non-hydrogen) atoms. The van der Waals surface area contributed by atoms with Gasteiger partial charge in [0.15, 0.2) is 0 Å². The van der Waals surface area contributed by atoms with Gasteiger partial charge in [-0.1, -0.05) is 0 Å². The summed E-state index contributed by atoms with van der Waals surface area (Å²) in [5, 5.41) is 0. The maximum absolute atomic E-state index is 13.9. The highest BCUT2D eigenvalue weighted by Gasteiger charge is 2.30. The van der Waals surface area contributed by atoms with Gasteiger partial charge in [-0.05, 0) is 42.8 Å². The molecule has 1 heterocycles. The molecule has 4 nitrogen and oxygen atoms in total. The monoisotopic (exact) mass is 370 g/mol. The Bertz CT molecular complexity index is 895. The Balaban J connectivity index is 1.77. The largest absolute Gasteiger partial charge is 0.367 e. The van der Waals surface area contributed by atoms with Crippen LogP contribution in [0.25, 0.3) is 0 Å². The van der Waals surface area contributed by atoms with E-state index in [-0.39, 0.29) is 36.8 Å². The zero-order valence-corrected chi connectivity index (χ0v) is 14.4. The fourth-order valence-electron chi connectivity index (χ4n) is 2.95. The summed E-state index contributed by atoms with van der Waals surface area (Å²) >= 11 is 0. The van der Waals surface area contributed by atoms with E-state index in [0.29, 0.717) is 5.56 Å². The topological polar surface area (TPSA) is 40.6 Å². The van der Waals surface area contributed by atoms with E-state index in [1.54, 1.807) is 11.8 Å². The molecule has 0 spiro atoms. The number of hydrogen-bond donors (Lipinski definition) is 0. The summed E-state index contributed by atoms with van der Waals surface area (Å²) in [6, 6.07) is 6.87. The van der Waals surface area contributed by atoms with Crippen molar-refractivity contribution in [2.45, 2.75) is 11.8 Å². The van der Waals surface area contributed by atoms with Crippen LogP contribution in [0.1, 0.15) is 5.56 Å². The molecule has 0 aromatic heterocycles. The van der Waals surface area contributed by atoms with Crippen LogP contribution in [-0.2, 0) is 10.0 Å². The van der Waals surface area contributed by atoms with Crippen LogP contribution in [0.2, 0.25) is 0 Å². The molecular weight excluding hydrogens is 353 g/mol. The molecule has 0 bridgehead atoms. The lowest BCUT2D eigenvalue weighted by molar-refractivity contribution is 0.382. The molecule has 0 aliphatic carbocycles. The third-order valence-corrected chi connectivity index (χ3v) is 6.30. The second kappa shape index (κ2) is 6.68. The van der Waals surface area contributed by atoms with E-state index in [1.165, 1.54) is 28.6 Å². The highest BCUT2D eigenvalue weighted by molar-refractivity contribution is 7.89. The van der Waals surface area contributed by atoms with E-state index in [1.807, 2.05) is 0 Å². The summed E-state index contributed by atoms with van der Waals surface area (Å²) in [6.07, 6.45) is 0. The maximum atomic E-state index is 13.9. The number of rotatable bonds is 3. The molecule has 0 saturated carbocycles. The summed E-state index contributed by atoms with van der Waals surface area (Å²) in [5.74, 6) is -1.83. The van der Waals surface area contributed by atoms with Crippen molar-refractivity contribution in [3.05, 3.63) is 59.4 Å². The van der Waals surface area contributed by atoms with Gasteiger partial charge < -0.3 is 4.90 Å². The standard InChI is InChI=1S/C17H17F3N2O2S/c1-12-10-13(18)3-5-17(12)25(23,24)22-8-6-21(7-9-22)16-4-2-14(19)11-15(16)20/h2-5,10-11H,6-9H2,1H3. The van der Waals surface area contributed by atoms with Crippen LogP contribution in [0.4, 0.5) is 18.9 Å². The van der Waals surface area contributed by atoms with Gasteiger partial charge in [0.1, 0.15) is 17.5 Å². The number of nitrogens with zero attached hydrogens (tertiary/aromatic N) is 2. The van der Waals surface area contributed by atoms with Gasteiger partial charge in [-0.3, -0.25) is 0 Å². The maximum Gasteiger partial charge on any atom is 0.243 e. The van der Waals surface area contributed by atoms with E-state index >= 15 is 0 Å². The van der Waals surface area contributed by atoms with E-state index < -0.39 is 27.5 Å². The molecule has 1 fully saturated rings. The molecule has 0 N–H and O–H groups in total. The fourth-order valence-corrected chi connectivity index (χ4v) is 4.58. The predicted octanol–water partition coefficient (Wildman–Crippen LogP) is 2.92. The number of anilines is 1. The molecule has 0 amide bonds. The first kappa shape index (κ1) is 17.8. The Hall–Kier alpha value is -2.06. The highest BCUT2D eigenvalue weighted by atomic mass is 32.2. The van der Waals surface area contributed by atoms with Crippen LogP contribution in [0.5, 0.6) is 0 Å². The molecule has 8 heteroatoms. The van der Waals surface area contributed by atoms with Crippen molar-refractivity contribution in [2.24, 2.45) is 0 Å². The Kier molecular flexibility index (Phi) is 4.75. The first-order valence-corrected chi connectivity index (χ1v) is 9.19. The summed E-state index contributed by atoms with van der Waals surface area (Å²) in [5.41, 5.74) is 0.586. The van der Waals surface area contributed by atoms with Crippen molar-refractivity contribution >= 4 is 15.7 Å². The first-order valence-electron chi connectivity index (χ1n) is 7.75. The SMILES string of the molecule is Cc1cc(F)ccc1S(=O)(=O)N1CCN(c2ccc(F)cc2F)CC1. The van der Waals surface area contributed by atoms with Crippen molar-refractivity contribution in [1.82, 2.24) is 4.31 Å². The van der Waals surface area contributed by atoms with E-state index in [0.717, 1.165) is 12.1 Å². The van der Waals surface area contributed by atoms with Crippen LogP contribution in [-0.4, -0.2) is 38.9 Å². The van der Waals surface area contributed by atoms with Crippen molar-refractivity contribution in [1.29, 1.82) is 0 Å². The Morgan fingerprint density at radius 1 is 0.880 bits per heavy atom. The Labute approximate surface area is 144 Å². The average molecular weight is 370 g/mol. The Morgan fingerprint density at radius 2 is 1.48 bits per heavy atom. The van der Waals surface area contributed by atoms with E-state index in [4.69, 9.17) is 0 Å². The smallest absolute Gasteiger partial charge is 0.243 e. The van der Waals surface area contributed by atoms with Crippen LogP contribution in [0.15, 0.2) is 41.3 Å². The molecule has 1 aliphatic rings. The molecule has 0 atom stereocenters.